The topological polar surface area (TPSA) is 237 Å². The molecule has 0 aliphatic rings. The predicted octanol–water partition coefficient (Wildman–Crippen LogP) is 21.3. The fraction of sp³-hybridized carbons (Fsp3) is 0.945. The molecule has 6 atom stereocenters. The third-order valence-electron chi connectivity index (χ3n) is 17.4. The van der Waals surface area contributed by atoms with Gasteiger partial charge in [0.1, 0.15) is 19.3 Å². The number of carbonyl (C=O) groups is 4. The van der Waals surface area contributed by atoms with Crippen molar-refractivity contribution < 1.29 is 80.2 Å². The molecule has 0 saturated carbocycles. The van der Waals surface area contributed by atoms with E-state index in [0.717, 1.165) is 102 Å². The SMILES string of the molecule is CCCCCCCCCCCCCCCCCCC(=O)OC[C@H](COP(=O)(O)OC[C@@H](O)COP(=O)(O)OC[C@@H](COC(=O)CCCCCCCCCC)OC(=O)CCCCCCCCCCCC)OC(=O)CCCCCCCCCCCCCCCCC(C)CC. The van der Waals surface area contributed by atoms with Gasteiger partial charge in [0.15, 0.2) is 12.2 Å². The molecule has 0 radical (unpaired) electrons. The van der Waals surface area contributed by atoms with Crippen molar-refractivity contribution in [2.75, 3.05) is 39.6 Å². The highest BCUT2D eigenvalue weighted by atomic mass is 31.2. The predicted molar refractivity (Wildman–Crippen MR) is 372 cm³/mol. The maximum absolute atomic E-state index is 13.1. The van der Waals surface area contributed by atoms with Gasteiger partial charge >= 0.3 is 39.5 Å². The van der Waals surface area contributed by atoms with Crippen molar-refractivity contribution in [1.29, 1.82) is 0 Å². The average Bonchev–Trinajstić information content (AvgIpc) is 3.35. The van der Waals surface area contributed by atoms with Gasteiger partial charge in [-0.05, 0) is 31.6 Å². The van der Waals surface area contributed by atoms with Crippen molar-refractivity contribution in [2.24, 2.45) is 5.92 Å². The molecule has 3 N–H and O–H groups in total. The van der Waals surface area contributed by atoms with Crippen LogP contribution in [0.15, 0.2) is 0 Å². The standard InChI is InChI=1S/C73H142O17P2/c1-6-10-13-16-19-22-24-25-26-27-31-34-38-42-47-52-57-71(76)84-63-69(90-73(78)59-54-49-44-39-35-32-29-28-30-33-36-40-45-50-55-66(5)9-4)65-88-92(81,82)86-61-67(74)60-85-91(79,80)87-64-68(62-83-70(75)56-51-46-41-21-18-15-12-8-3)89-72(77)58-53-48-43-37-23-20-17-14-11-7-2/h66-69,74H,6-65H2,1-5H3,(H,79,80)(H,81,82)/t66?,67-,68+,69+/m0/s1. The van der Waals surface area contributed by atoms with E-state index in [1.165, 1.54) is 199 Å². The van der Waals surface area contributed by atoms with E-state index in [4.69, 9.17) is 37.0 Å². The van der Waals surface area contributed by atoms with E-state index in [-0.39, 0.29) is 25.7 Å². The Balaban J connectivity index is 5.20. The molecule has 19 heteroatoms. The Morgan fingerprint density at radius 1 is 0.304 bits per heavy atom. The third-order valence-corrected chi connectivity index (χ3v) is 19.3. The van der Waals surface area contributed by atoms with Crippen LogP contribution in [0.1, 0.15) is 381 Å². The van der Waals surface area contributed by atoms with Crippen LogP contribution in [-0.2, 0) is 65.4 Å². The Hall–Kier alpha value is -1.94. The number of hydrogen-bond donors (Lipinski definition) is 3. The average molecular weight is 1350 g/mol. The summed E-state index contributed by atoms with van der Waals surface area (Å²) in [6.07, 6.45) is 54.1. The van der Waals surface area contributed by atoms with Gasteiger partial charge in [-0.15, -0.1) is 0 Å². The lowest BCUT2D eigenvalue weighted by atomic mass is 9.99. The van der Waals surface area contributed by atoms with Gasteiger partial charge in [0.25, 0.3) is 0 Å². The summed E-state index contributed by atoms with van der Waals surface area (Å²) >= 11 is 0. The molecule has 0 aromatic heterocycles. The number of hydrogen-bond acceptors (Lipinski definition) is 15. The summed E-state index contributed by atoms with van der Waals surface area (Å²) in [5.41, 5.74) is 0. The molecule has 0 saturated heterocycles. The molecule has 0 aromatic carbocycles. The van der Waals surface area contributed by atoms with E-state index in [1.807, 2.05) is 0 Å². The second kappa shape index (κ2) is 66.3. The Labute approximate surface area is 562 Å². The number of ether oxygens (including phenoxy) is 4. The molecule has 3 unspecified atom stereocenters. The molecule has 0 aliphatic carbocycles. The summed E-state index contributed by atoms with van der Waals surface area (Å²) in [6, 6.07) is 0. The number of aliphatic hydroxyl groups is 1. The molecule has 0 aromatic rings. The number of rotatable bonds is 73. The summed E-state index contributed by atoms with van der Waals surface area (Å²) in [5, 5.41) is 10.6. The maximum atomic E-state index is 13.1. The van der Waals surface area contributed by atoms with Crippen LogP contribution in [0.2, 0.25) is 0 Å². The normalized spacial score (nSPS) is 14.3. The summed E-state index contributed by atoms with van der Waals surface area (Å²) < 4.78 is 68.3. The van der Waals surface area contributed by atoms with E-state index in [1.54, 1.807) is 0 Å². The van der Waals surface area contributed by atoms with E-state index < -0.39 is 97.5 Å². The maximum Gasteiger partial charge on any atom is 0.472 e. The van der Waals surface area contributed by atoms with Crippen molar-refractivity contribution in [1.82, 2.24) is 0 Å². The summed E-state index contributed by atoms with van der Waals surface area (Å²) in [5.74, 6) is -1.27. The van der Waals surface area contributed by atoms with E-state index in [9.17, 15) is 43.2 Å². The van der Waals surface area contributed by atoms with Gasteiger partial charge in [0, 0.05) is 25.7 Å². The monoisotopic (exact) mass is 1350 g/mol. The van der Waals surface area contributed by atoms with Gasteiger partial charge in [0.05, 0.1) is 26.4 Å². The molecular formula is C73H142O17P2. The molecule has 0 spiro atoms. The minimum atomic E-state index is -4.95. The molecule has 17 nitrogen and oxygen atoms in total. The Bertz CT molecular complexity index is 1770. The van der Waals surface area contributed by atoms with Gasteiger partial charge in [-0.25, -0.2) is 9.13 Å². The van der Waals surface area contributed by atoms with Crippen LogP contribution in [0.25, 0.3) is 0 Å². The molecule has 0 amide bonds. The molecule has 0 heterocycles. The largest absolute Gasteiger partial charge is 0.472 e. The Morgan fingerprint density at radius 2 is 0.522 bits per heavy atom. The molecular weight excluding hydrogens is 1210 g/mol. The minimum absolute atomic E-state index is 0.107. The van der Waals surface area contributed by atoms with Crippen molar-refractivity contribution in [3.63, 3.8) is 0 Å². The first kappa shape index (κ1) is 90.1. The Kier molecular flexibility index (Phi) is 64.9. The first-order valence-electron chi connectivity index (χ1n) is 38.2. The van der Waals surface area contributed by atoms with E-state index >= 15 is 0 Å². The van der Waals surface area contributed by atoms with Gasteiger partial charge in [-0.1, -0.05) is 330 Å². The number of esters is 4. The minimum Gasteiger partial charge on any atom is -0.462 e. The molecule has 92 heavy (non-hydrogen) atoms. The fourth-order valence-corrected chi connectivity index (χ4v) is 12.7. The van der Waals surface area contributed by atoms with Gasteiger partial charge < -0.3 is 33.8 Å². The van der Waals surface area contributed by atoms with Gasteiger partial charge in [-0.3, -0.25) is 37.3 Å². The summed E-state index contributed by atoms with van der Waals surface area (Å²) in [4.78, 5) is 72.5. The lowest BCUT2D eigenvalue weighted by Gasteiger charge is -2.21. The third kappa shape index (κ3) is 65.4. The quantitative estimate of drug-likeness (QED) is 0.0222. The lowest BCUT2D eigenvalue weighted by Crippen LogP contribution is -2.30. The van der Waals surface area contributed by atoms with Crippen LogP contribution in [0, 0.1) is 5.92 Å². The number of phosphoric acid groups is 2. The van der Waals surface area contributed by atoms with Crippen LogP contribution < -0.4 is 0 Å². The number of unbranched alkanes of at least 4 members (excludes halogenated alkanes) is 44. The van der Waals surface area contributed by atoms with Gasteiger partial charge in [-0.2, -0.15) is 0 Å². The second-order valence-corrected chi connectivity index (χ2v) is 29.5. The molecule has 546 valence electrons. The van der Waals surface area contributed by atoms with Gasteiger partial charge in [0.2, 0.25) is 0 Å². The highest BCUT2D eigenvalue weighted by molar-refractivity contribution is 7.47. The van der Waals surface area contributed by atoms with Crippen molar-refractivity contribution in [3.8, 4) is 0 Å². The van der Waals surface area contributed by atoms with Crippen molar-refractivity contribution in [3.05, 3.63) is 0 Å². The lowest BCUT2D eigenvalue weighted by molar-refractivity contribution is -0.161. The zero-order chi connectivity index (χ0) is 67.7. The first-order valence-corrected chi connectivity index (χ1v) is 41.2. The highest BCUT2D eigenvalue weighted by Gasteiger charge is 2.30. The van der Waals surface area contributed by atoms with Crippen LogP contribution in [0.5, 0.6) is 0 Å². The molecule has 0 rings (SSSR count). The van der Waals surface area contributed by atoms with Crippen LogP contribution >= 0.6 is 15.6 Å². The van der Waals surface area contributed by atoms with Crippen molar-refractivity contribution in [2.45, 2.75) is 400 Å². The zero-order valence-electron chi connectivity index (χ0n) is 59.7. The molecule has 0 aliphatic heterocycles. The van der Waals surface area contributed by atoms with Crippen LogP contribution in [0.4, 0.5) is 0 Å². The summed E-state index contributed by atoms with van der Waals surface area (Å²) in [6.45, 7) is 7.29. The smallest absolute Gasteiger partial charge is 0.462 e. The number of carbonyl (C=O) groups excluding carboxylic acids is 4. The summed E-state index contributed by atoms with van der Waals surface area (Å²) in [7, 11) is -9.90. The number of aliphatic hydroxyl groups excluding tert-OH is 1. The molecule has 0 fully saturated rings. The molecule has 0 bridgehead atoms. The Morgan fingerprint density at radius 3 is 0.772 bits per heavy atom. The van der Waals surface area contributed by atoms with E-state index in [2.05, 4.69) is 34.6 Å². The first-order chi connectivity index (χ1) is 44.6. The number of phosphoric ester groups is 2. The van der Waals surface area contributed by atoms with Crippen LogP contribution in [0.3, 0.4) is 0 Å². The zero-order valence-corrected chi connectivity index (χ0v) is 61.5. The van der Waals surface area contributed by atoms with E-state index in [0.29, 0.717) is 25.7 Å². The fourth-order valence-electron chi connectivity index (χ4n) is 11.1. The van der Waals surface area contributed by atoms with Crippen molar-refractivity contribution >= 4 is 39.5 Å². The highest BCUT2D eigenvalue weighted by Crippen LogP contribution is 2.45. The van der Waals surface area contributed by atoms with Crippen LogP contribution in [-0.4, -0.2) is 96.7 Å². The second-order valence-electron chi connectivity index (χ2n) is 26.6.